The molecular formula is C18H24O7. The second-order valence-corrected chi connectivity index (χ2v) is 6.88. The first-order valence-corrected chi connectivity index (χ1v) is 8.29. The van der Waals surface area contributed by atoms with E-state index in [2.05, 4.69) is 0 Å². The van der Waals surface area contributed by atoms with Crippen LogP contribution in [-0.4, -0.2) is 54.7 Å². The molecule has 2 aliphatic rings. The predicted molar refractivity (Wildman–Crippen MR) is 86.8 cm³/mol. The quantitative estimate of drug-likeness (QED) is 0.796. The van der Waals surface area contributed by atoms with Gasteiger partial charge < -0.3 is 29.2 Å². The van der Waals surface area contributed by atoms with Crippen LogP contribution in [0.4, 0.5) is 0 Å². The molecule has 0 amide bonds. The molecule has 138 valence electrons. The van der Waals surface area contributed by atoms with Gasteiger partial charge in [-0.3, -0.25) is 0 Å². The maximum atomic E-state index is 12.4. The number of aromatic hydroxyl groups is 1. The van der Waals surface area contributed by atoms with Gasteiger partial charge in [0.05, 0.1) is 11.2 Å². The molecule has 1 aromatic rings. The summed E-state index contributed by atoms with van der Waals surface area (Å²) in [5.74, 6) is -0.868. The largest absolute Gasteiger partial charge is 0.508 e. The van der Waals surface area contributed by atoms with Gasteiger partial charge in [-0.2, -0.15) is 0 Å². The van der Waals surface area contributed by atoms with E-state index in [0.717, 1.165) is 0 Å². The van der Waals surface area contributed by atoms with Gasteiger partial charge in [0, 0.05) is 38.9 Å². The van der Waals surface area contributed by atoms with Crippen molar-refractivity contribution in [2.75, 3.05) is 14.2 Å². The average Bonchev–Trinajstić information content (AvgIpc) is 2.85. The molecule has 0 bridgehead atoms. The third-order valence-corrected chi connectivity index (χ3v) is 5.17. The third-order valence-electron chi connectivity index (χ3n) is 5.17. The Labute approximate surface area is 146 Å². The van der Waals surface area contributed by atoms with Gasteiger partial charge in [-0.05, 0) is 31.2 Å². The Hall–Kier alpha value is -1.67. The fourth-order valence-electron chi connectivity index (χ4n) is 3.98. The lowest BCUT2D eigenvalue weighted by Crippen LogP contribution is -2.49. The van der Waals surface area contributed by atoms with E-state index in [9.17, 15) is 15.0 Å². The molecule has 3 rings (SSSR count). The molecule has 6 atom stereocenters. The van der Waals surface area contributed by atoms with Crippen LogP contribution in [0.15, 0.2) is 24.3 Å². The number of hydrogen-bond acceptors (Lipinski definition) is 7. The number of methoxy groups -OCH3 is 2. The summed E-state index contributed by atoms with van der Waals surface area (Å²) in [6.45, 7) is 1.71. The number of hydrogen-bond donors (Lipinski definition) is 2. The van der Waals surface area contributed by atoms with Crippen LogP contribution in [0.5, 0.6) is 5.75 Å². The number of phenolic OH excluding ortho intramolecular Hbond substituents is 1. The molecule has 2 N–H and O–H groups in total. The minimum Gasteiger partial charge on any atom is -0.508 e. The van der Waals surface area contributed by atoms with Gasteiger partial charge in [-0.25, -0.2) is 4.79 Å². The van der Waals surface area contributed by atoms with E-state index in [0.29, 0.717) is 18.4 Å². The monoisotopic (exact) mass is 352 g/mol. The minimum atomic E-state index is -1.08. The second-order valence-electron chi connectivity index (χ2n) is 6.88. The summed E-state index contributed by atoms with van der Waals surface area (Å²) < 4.78 is 22.1. The average molecular weight is 352 g/mol. The highest BCUT2D eigenvalue weighted by molar-refractivity contribution is 5.89. The Kier molecular flexibility index (Phi) is 5.02. The maximum absolute atomic E-state index is 12.4. The minimum absolute atomic E-state index is 0.0794. The summed E-state index contributed by atoms with van der Waals surface area (Å²) in [4.78, 5) is 12.4. The van der Waals surface area contributed by atoms with Crippen molar-refractivity contribution in [3.8, 4) is 5.75 Å². The molecule has 0 aromatic heterocycles. The van der Waals surface area contributed by atoms with E-state index in [1.165, 1.54) is 31.4 Å². The van der Waals surface area contributed by atoms with Crippen molar-refractivity contribution >= 4 is 5.97 Å². The number of esters is 1. The van der Waals surface area contributed by atoms with Crippen molar-refractivity contribution in [3.63, 3.8) is 0 Å². The highest BCUT2D eigenvalue weighted by Crippen LogP contribution is 2.50. The van der Waals surface area contributed by atoms with Gasteiger partial charge in [0.1, 0.15) is 11.9 Å². The van der Waals surface area contributed by atoms with Crippen LogP contribution >= 0.6 is 0 Å². The van der Waals surface area contributed by atoms with Crippen molar-refractivity contribution in [3.05, 3.63) is 29.8 Å². The smallest absolute Gasteiger partial charge is 0.338 e. The van der Waals surface area contributed by atoms with Crippen LogP contribution in [0.1, 0.15) is 30.1 Å². The molecule has 1 aromatic carbocycles. The first-order chi connectivity index (χ1) is 11.9. The van der Waals surface area contributed by atoms with Gasteiger partial charge in [-0.15, -0.1) is 0 Å². The van der Waals surface area contributed by atoms with Gasteiger partial charge in [0.25, 0.3) is 0 Å². The lowest BCUT2D eigenvalue weighted by molar-refractivity contribution is -0.301. The van der Waals surface area contributed by atoms with E-state index in [1.54, 1.807) is 14.0 Å². The lowest BCUT2D eigenvalue weighted by Gasteiger charge is -2.41. The summed E-state index contributed by atoms with van der Waals surface area (Å²) >= 11 is 0. The Morgan fingerprint density at radius 2 is 1.92 bits per heavy atom. The fourth-order valence-corrected chi connectivity index (χ4v) is 3.98. The number of carbonyl (C=O) groups excluding carboxylic acids is 1. The Morgan fingerprint density at radius 1 is 1.24 bits per heavy atom. The number of phenols is 1. The lowest BCUT2D eigenvalue weighted by atomic mass is 9.82. The molecule has 1 heterocycles. The molecule has 0 radical (unpaired) electrons. The Balaban J connectivity index is 1.79. The van der Waals surface area contributed by atoms with Crippen LogP contribution in [0.25, 0.3) is 0 Å². The summed E-state index contributed by atoms with van der Waals surface area (Å²) in [5.41, 5.74) is -0.733. The molecule has 1 saturated heterocycles. The maximum Gasteiger partial charge on any atom is 0.338 e. The van der Waals surface area contributed by atoms with E-state index in [-0.39, 0.29) is 17.6 Å². The number of benzene rings is 1. The first-order valence-electron chi connectivity index (χ1n) is 8.29. The summed E-state index contributed by atoms with van der Waals surface area (Å²) in [7, 11) is 3.06. The SMILES string of the molecule is CO[C@H]1C[C@@H]2[C@H]([C@@H](OC)O1)[C@@](C)(O)C[C@H]2OC(=O)c1ccc(O)cc1. The Bertz CT molecular complexity index is 612. The molecule has 25 heavy (non-hydrogen) atoms. The standard InChI is InChI=1S/C18H24O7/c1-18(21)9-13(24-16(20)10-4-6-11(19)7-5-10)12-8-14(22-2)25-17(23-3)15(12)18/h4-7,12-15,17,19,21H,8-9H2,1-3H3/t12-,13+,14+,15+,17-,18-/m0/s1. The van der Waals surface area contributed by atoms with Crippen LogP contribution in [-0.2, 0) is 18.9 Å². The number of fused-ring (bicyclic) bond motifs is 1. The van der Waals surface area contributed by atoms with E-state index in [1.807, 2.05) is 0 Å². The van der Waals surface area contributed by atoms with Crippen molar-refractivity contribution < 1.29 is 34.0 Å². The van der Waals surface area contributed by atoms with Crippen molar-refractivity contribution in [1.29, 1.82) is 0 Å². The zero-order valence-electron chi connectivity index (χ0n) is 14.5. The highest BCUT2D eigenvalue weighted by Gasteiger charge is 2.58. The number of rotatable bonds is 4. The zero-order chi connectivity index (χ0) is 18.2. The molecule has 0 unspecified atom stereocenters. The van der Waals surface area contributed by atoms with Crippen LogP contribution < -0.4 is 0 Å². The van der Waals surface area contributed by atoms with Gasteiger partial charge >= 0.3 is 5.97 Å². The number of aliphatic hydroxyl groups is 1. The highest BCUT2D eigenvalue weighted by atomic mass is 16.8. The summed E-state index contributed by atoms with van der Waals surface area (Å²) in [6, 6.07) is 5.87. The number of carbonyl (C=O) groups is 1. The molecule has 7 nitrogen and oxygen atoms in total. The van der Waals surface area contributed by atoms with Gasteiger partial charge in [0.15, 0.2) is 12.6 Å². The van der Waals surface area contributed by atoms with Crippen molar-refractivity contribution in [1.82, 2.24) is 0 Å². The van der Waals surface area contributed by atoms with E-state index >= 15 is 0 Å². The Morgan fingerprint density at radius 3 is 2.52 bits per heavy atom. The molecule has 1 saturated carbocycles. The molecule has 7 heteroatoms. The summed E-state index contributed by atoms with van der Waals surface area (Å²) in [6.07, 6.45) is -0.775. The topological polar surface area (TPSA) is 94.5 Å². The molecule has 2 fully saturated rings. The van der Waals surface area contributed by atoms with Crippen LogP contribution in [0, 0.1) is 11.8 Å². The van der Waals surface area contributed by atoms with Crippen molar-refractivity contribution in [2.45, 2.75) is 44.1 Å². The third kappa shape index (κ3) is 3.50. The van der Waals surface area contributed by atoms with E-state index < -0.39 is 30.3 Å². The second kappa shape index (κ2) is 6.92. The molecule has 1 aliphatic heterocycles. The fraction of sp³-hybridized carbons (Fsp3) is 0.611. The number of ether oxygens (including phenoxy) is 4. The van der Waals surface area contributed by atoms with Crippen molar-refractivity contribution in [2.24, 2.45) is 11.8 Å². The molecule has 1 aliphatic carbocycles. The van der Waals surface area contributed by atoms with Gasteiger partial charge in [-0.1, -0.05) is 0 Å². The summed E-state index contributed by atoms with van der Waals surface area (Å²) in [5, 5.41) is 20.1. The van der Waals surface area contributed by atoms with Crippen LogP contribution in [0.3, 0.4) is 0 Å². The molecular weight excluding hydrogens is 328 g/mol. The van der Waals surface area contributed by atoms with Gasteiger partial charge in [0.2, 0.25) is 0 Å². The molecule has 0 spiro atoms. The zero-order valence-corrected chi connectivity index (χ0v) is 14.5. The van der Waals surface area contributed by atoms with E-state index in [4.69, 9.17) is 18.9 Å². The first kappa shape index (κ1) is 18.1. The normalized spacial score (nSPS) is 37.5. The van der Waals surface area contributed by atoms with Crippen LogP contribution in [0.2, 0.25) is 0 Å². The predicted octanol–water partition coefficient (Wildman–Crippen LogP) is 1.67.